The van der Waals surface area contributed by atoms with Gasteiger partial charge >= 0.3 is 5.97 Å². The Bertz CT molecular complexity index is 1110. The number of nitrogens with zero attached hydrogens (tertiary/aromatic N) is 2. The van der Waals surface area contributed by atoms with Gasteiger partial charge < -0.3 is 10.1 Å². The Labute approximate surface area is 165 Å². The van der Waals surface area contributed by atoms with Crippen LogP contribution in [0.15, 0.2) is 53.6 Å². The molecule has 0 radical (unpaired) electrons. The van der Waals surface area contributed by atoms with Crippen LogP contribution in [-0.2, 0) is 9.53 Å². The molecule has 1 amide bonds. The third kappa shape index (κ3) is 4.04. The molecule has 8 heteroatoms. The number of aromatic nitrogens is 2. The zero-order chi connectivity index (χ0) is 20.3. The monoisotopic (exact) mass is 399 g/mol. The van der Waals surface area contributed by atoms with Gasteiger partial charge in [-0.15, -0.1) is 0 Å². The molecule has 144 valence electrons. The summed E-state index contributed by atoms with van der Waals surface area (Å²) < 4.78 is 6.03. The molecule has 7 nitrogen and oxygen atoms in total. The second-order valence-electron chi connectivity index (χ2n) is 6.24. The lowest BCUT2D eigenvalue weighted by Gasteiger charge is -2.19. The Morgan fingerprint density at radius 2 is 2.00 bits per heavy atom. The molecule has 0 aliphatic rings. The highest BCUT2D eigenvalue weighted by atomic mass is 35.5. The van der Waals surface area contributed by atoms with Crippen molar-refractivity contribution in [1.29, 1.82) is 0 Å². The average molecular weight is 400 g/mol. The number of hydrogen-bond donors (Lipinski definition) is 1. The maximum absolute atomic E-state index is 12.8. The fourth-order valence-electron chi connectivity index (χ4n) is 2.82. The molecule has 0 aliphatic carbocycles. The highest BCUT2D eigenvalue weighted by Gasteiger charge is 2.23. The second kappa shape index (κ2) is 8.22. The first kappa shape index (κ1) is 19.6. The third-order valence-corrected chi connectivity index (χ3v) is 4.62. The summed E-state index contributed by atoms with van der Waals surface area (Å²) in [5, 5.41) is 3.09. The zero-order valence-electron chi connectivity index (χ0n) is 15.3. The predicted molar refractivity (Wildman–Crippen MR) is 104 cm³/mol. The summed E-state index contributed by atoms with van der Waals surface area (Å²) in [6.07, 6.45) is 2.71. The van der Waals surface area contributed by atoms with E-state index in [0.29, 0.717) is 16.2 Å². The van der Waals surface area contributed by atoms with Crippen molar-refractivity contribution in [3.05, 3.63) is 80.9 Å². The van der Waals surface area contributed by atoms with Crippen LogP contribution >= 0.6 is 11.6 Å². The van der Waals surface area contributed by atoms with E-state index in [4.69, 9.17) is 16.3 Å². The van der Waals surface area contributed by atoms with Gasteiger partial charge in [-0.05, 0) is 30.2 Å². The van der Waals surface area contributed by atoms with Gasteiger partial charge in [0.05, 0.1) is 19.6 Å². The molecule has 1 unspecified atom stereocenters. The predicted octanol–water partition coefficient (Wildman–Crippen LogP) is 2.69. The number of ether oxygens (including phenoxy) is 1. The number of aryl methyl sites for hydroxylation is 1. The number of pyridine rings is 1. The number of fused-ring (bicyclic) bond motifs is 1. The van der Waals surface area contributed by atoms with Crippen LogP contribution in [0.4, 0.5) is 0 Å². The van der Waals surface area contributed by atoms with E-state index in [1.807, 2.05) is 13.0 Å². The molecule has 0 saturated heterocycles. The minimum atomic E-state index is -0.758. The number of benzene rings is 1. The van der Waals surface area contributed by atoms with Crippen molar-refractivity contribution in [2.45, 2.75) is 19.4 Å². The molecule has 2 aromatic heterocycles. The summed E-state index contributed by atoms with van der Waals surface area (Å²) >= 11 is 6.22. The number of hydrogen-bond acceptors (Lipinski definition) is 5. The van der Waals surface area contributed by atoms with Crippen molar-refractivity contribution in [1.82, 2.24) is 14.7 Å². The molecular weight excluding hydrogens is 382 g/mol. The van der Waals surface area contributed by atoms with Gasteiger partial charge in [-0.3, -0.25) is 18.8 Å². The van der Waals surface area contributed by atoms with E-state index < -0.39 is 23.5 Å². The fourth-order valence-corrected chi connectivity index (χ4v) is 3.09. The summed E-state index contributed by atoms with van der Waals surface area (Å²) in [4.78, 5) is 41.5. The molecule has 0 bridgehead atoms. The van der Waals surface area contributed by atoms with Gasteiger partial charge in [0.25, 0.3) is 11.5 Å². The maximum atomic E-state index is 12.8. The second-order valence-corrected chi connectivity index (χ2v) is 6.65. The smallest absolute Gasteiger partial charge is 0.307 e. The molecular formula is C20H18ClN3O4. The first-order chi connectivity index (χ1) is 13.4. The van der Waals surface area contributed by atoms with Crippen LogP contribution in [-0.4, -0.2) is 28.4 Å². The van der Waals surface area contributed by atoms with Crippen LogP contribution in [0.5, 0.6) is 0 Å². The molecule has 3 rings (SSSR count). The maximum Gasteiger partial charge on any atom is 0.307 e. The Morgan fingerprint density at radius 1 is 1.25 bits per heavy atom. The lowest BCUT2D eigenvalue weighted by Crippen LogP contribution is -2.35. The lowest BCUT2D eigenvalue weighted by molar-refractivity contribution is -0.141. The topological polar surface area (TPSA) is 89.8 Å². The molecule has 0 fully saturated rings. The van der Waals surface area contributed by atoms with Crippen LogP contribution in [0.3, 0.4) is 0 Å². The summed E-state index contributed by atoms with van der Waals surface area (Å²) in [6, 6.07) is 9.60. The van der Waals surface area contributed by atoms with Crippen LogP contribution in [0, 0.1) is 6.92 Å². The highest BCUT2D eigenvalue weighted by Crippen LogP contribution is 2.25. The Kier molecular flexibility index (Phi) is 5.75. The summed E-state index contributed by atoms with van der Waals surface area (Å²) in [5.74, 6) is -1.17. The van der Waals surface area contributed by atoms with Crippen LogP contribution in [0.2, 0.25) is 5.02 Å². The summed E-state index contributed by atoms with van der Waals surface area (Å²) in [6.45, 7) is 1.84. The van der Waals surface area contributed by atoms with Gasteiger partial charge in [0.2, 0.25) is 0 Å². The molecule has 0 spiro atoms. The normalized spacial score (nSPS) is 11.8. The molecule has 1 N–H and O–H groups in total. The third-order valence-electron chi connectivity index (χ3n) is 4.28. The largest absolute Gasteiger partial charge is 0.469 e. The molecule has 2 heterocycles. The van der Waals surface area contributed by atoms with E-state index in [1.165, 1.54) is 17.7 Å². The lowest BCUT2D eigenvalue weighted by atomic mass is 10.0. The molecule has 1 aromatic carbocycles. The van der Waals surface area contributed by atoms with Gasteiger partial charge in [-0.25, -0.2) is 4.98 Å². The van der Waals surface area contributed by atoms with Crippen LogP contribution < -0.4 is 10.9 Å². The molecule has 0 saturated carbocycles. The standard InChI is InChI=1S/C20H18ClN3O4/c1-12-7-8-17-22-10-14(20(27)24(17)11-12)19(26)23-16(9-18(25)28-2)13-5-3-4-6-15(13)21/h3-8,10-11,16H,9H2,1-2H3,(H,23,26). The summed E-state index contributed by atoms with van der Waals surface area (Å²) in [5.41, 5.74) is 1.21. The van der Waals surface area contributed by atoms with Gasteiger partial charge in [0, 0.05) is 17.4 Å². The van der Waals surface area contributed by atoms with Gasteiger partial charge in [-0.2, -0.15) is 0 Å². The van der Waals surface area contributed by atoms with E-state index in [1.54, 1.807) is 36.5 Å². The van der Waals surface area contributed by atoms with Crippen molar-refractivity contribution >= 4 is 29.1 Å². The number of carbonyl (C=O) groups is 2. The van der Waals surface area contributed by atoms with E-state index in [9.17, 15) is 14.4 Å². The molecule has 0 aliphatic heterocycles. The van der Waals surface area contributed by atoms with Gasteiger partial charge in [-0.1, -0.05) is 35.9 Å². The number of esters is 1. The quantitative estimate of drug-likeness (QED) is 0.666. The van der Waals surface area contributed by atoms with Crippen molar-refractivity contribution in [3.63, 3.8) is 0 Å². The van der Waals surface area contributed by atoms with Gasteiger partial charge in [0.1, 0.15) is 11.2 Å². The number of nitrogens with one attached hydrogen (secondary N) is 1. The first-order valence-corrected chi connectivity index (χ1v) is 8.88. The number of halogens is 1. The number of methoxy groups -OCH3 is 1. The SMILES string of the molecule is COC(=O)CC(NC(=O)c1cnc2ccc(C)cn2c1=O)c1ccccc1Cl. The average Bonchev–Trinajstić information content (AvgIpc) is 2.68. The van der Waals surface area contributed by atoms with E-state index in [-0.39, 0.29) is 12.0 Å². The van der Waals surface area contributed by atoms with Crippen molar-refractivity contribution in [2.24, 2.45) is 0 Å². The summed E-state index contributed by atoms with van der Waals surface area (Å²) in [7, 11) is 1.26. The van der Waals surface area contributed by atoms with Crippen molar-refractivity contribution < 1.29 is 14.3 Å². The van der Waals surface area contributed by atoms with Crippen molar-refractivity contribution in [3.8, 4) is 0 Å². The first-order valence-electron chi connectivity index (χ1n) is 8.51. The minimum Gasteiger partial charge on any atom is -0.469 e. The molecule has 3 aromatic rings. The Hall–Kier alpha value is -3.19. The van der Waals surface area contributed by atoms with E-state index >= 15 is 0 Å². The van der Waals surface area contributed by atoms with Crippen LogP contribution in [0.25, 0.3) is 5.65 Å². The Balaban J connectivity index is 1.97. The number of carbonyl (C=O) groups excluding carboxylic acids is 2. The molecule has 28 heavy (non-hydrogen) atoms. The Morgan fingerprint density at radius 3 is 2.71 bits per heavy atom. The minimum absolute atomic E-state index is 0.132. The van der Waals surface area contributed by atoms with Crippen molar-refractivity contribution in [2.75, 3.05) is 7.11 Å². The highest BCUT2D eigenvalue weighted by molar-refractivity contribution is 6.31. The molecule has 1 atom stereocenters. The fraction of sp³-hybridized carbons (Fsp3) is 0.200. The zero-order valence-corrected chi connectivity index (χ0v) is 16.1. The van der Waals surface area contributed by atoms with E-state index in [0.717, 1.165) is 5.56 Å². The number of amides is 1. The number of rotatable bonds is 5. The van der Waals surface area contributed by atoms with Gasteiger partial charge in [0.15, 0.2) is 0 Å². The van der Waals surface area contributed by atoms with E-state index in [2.05, 4.69) is 10.3 Å². The van der Waals surface area contributed by atoms with Crippen LogP contribution in [0.1, 0.15) is 33.9 Å².